The van der Waals surface area contributed by atoms with Gasteiger partial charge in [-0.3, -0.25) is 0 Å². The fourth-order valence-electron chi connectivity index (χ4n) is 8.14. The van der Waals surface area contributed by atoms with Gasteiger partial charge in [-0.2, -0.15) is 0 Å². The molecule has 0 radical (unpaired) electrons. The smallest absolute Gasteiger partial charge is 0.704 e. The average molecular weight is 744 g/mol. The van der Waals surface area contributed by atoms with Gasteiger partial charge in [-0.25, -0.2) is 0 Å². The molecule has 3 heterocycles. The normalized spacial score (nSPS) is 18.8. The molecule has 3 aliphatic rings. The lowest BCUT2D eigenvalue weighted by Crippen LogP contribution is -3.00. The Morgan fingerprint density at radius 3 is 1.76 bits per heavy atom. The minimum absolute atomic E-state index is 0. The molecule has 0 aliphatic carbocycles. The van der Waals surface area contributed by atoms with Crippen molar-refractivity contribution in [3.8, 4) is 11.5 Å². The van der Waals surface area contributed by atoms with Gasteiger partial charge >= 0.3 is 6.03 Å². The number of ether oxygens (including phenoxy) is 2. The van der Waals surface area contributed by atoms with Gasteiger partial charge < -0.3 is 44.1 Å². The first kappa shape index (κ1) is 43.3. The van der Waals surface area contributed by atoms with E-state index in [9.17, 15) is 0 Å². The van der Waals surface area contributed by atoms with Crippen LogP contribution in [0.15, 0.2) is 24.3 Å². The second kappa shape index (κ2) is 16.5. The predicted molar refractivity (Wildman–Crippen MR) is 206 cm³/mol. The standard InChI is InChI=1S/C43H68N4O2.2ClH/c1-14-44(15-2)22-18-20-32(21-19-23-45(16-3)17-4)33-24-31(5)38-34(25-33)28-46-30-42(12,13)47-29-35-26-36(40(6,7)8)27-37(41(9,10)11)39(35)49-43(46,47)48-38;;/h24-29,32H,14-23,30H2,1-13H3;2*1H/q+2;;/p-2. The summed E-state index contributed by atoms with van der Waals surface area (Å²) < 4.78 is 19.1. The third-order valence-electron chi connectivity index (χ3n) is 11.3. The maximum absolute atomic E-state index is 7.25. The number of fused-ring (bicyclic) bond motifs is 2. The van der Waals surface area contributed by atoms with Gasteiger partial charge in [-0.15, -0.1) is 0 Å². The highest BCUT2D eigenvalue weighted by atomic mass is 35.5. The molecular formula is C43H68Cl2N4O2. The highest BCUT2D eigenvalue weighted by Crippen LogP contribution is 2.47. The Hall–Kier alpha value is -2.12. The summed E-state index contributed by atoms with van der Waals surface area (Å²) in [6.45, 7) is 37.3. The SMILES string of the molecule is CCN(CC)CCCC(CCCN(CC)CC)c1cc(C)c2c(c1)C=[N+]1CC(C)(C)[N+]3=Cc4cc(C(C)(C)C)cc(C(C)(C)C)c4OC13O2.[Cl-].[Cl-]. The largest absolute Gasteiger partial charge is 1.00 e. The van der Waals surface area contributed by atoms with Crippen molar-refractivity contribution in [2.75, 3.05) is 45.8 Å². The number of aryl methyl sites for hydroxylation is 1. The summed E-state index contributed by atoms with van der Waals surface area (Å²) in [4.78, 5) is 5.11. The van der Waals surface area contributed by atoms with E-state index < -0.39 is 6.03 Å². The number of hydrogen-bond acceptors (Lipinski definition) is 4. The van der Waals surface area contributed by atoms with Crippen molar-refractivity contribution < 1.29 is 43.4 Å². The van der Waals surface area contributed by atoms with E-state index in [4.69, 9.17) is 9.47 Å². The highest BCUT2D eigenvalue weighted by molar-refractivity contribution is 5.85. The molecule has 5 rings (SSSR count). The van der Waals surface area contributed by atoms with Gasteiger partial charge in [0, 0.05) is 19.4 Å². The molecule has 1 unspecified atom stereocenters. The summed E-state index contributed by atoms with van der Waals surface area (Å²) in [5.74, 6) is 2.41. The summed E-state index contributed by atoms with van der Waals surface area (Å²) >= 11 is 0. The summed E-state index contributed by atoms with van der Waals surface area (Å²) in [6, 6.07) is 8.48. The van der Waals surface area contributed by atoms with Gasteiger partial charge in [-0.05, 0) is 117 Å². The van der Waals surface area contributed by atoms with Crippen LogP contribution >= 0.6 is 0 Å². The van der Waals surface area contributed by atoms with Crippen LogP contribution in [-0.2, 0) is 10.8 Å². The van der Waals surface area contributed by atoms with Gasteiger partial charge in [0.2, 0.25) is 12.1 Å². The van der Waals surface area contributed by atoms with Crippen molar-refractivity contribution >= 4 is 12.4 Å². The second-order valence-electron chi connectivity index (χ2n) is 17.6. The molecule has 0 amide bonds. The van der Waals surface area contributed by atoms with Gasteiger partial charge in [0.1, 0.15) is 0 Å². The zero-order chi connectivity index (χ0) is 35.9. The molecule has 286 valence electrons. The van der Waals surface area contributed by atoms with E-state index in [1.807, 2.05) is 0 Å². The van der Waals surface area contributed by atoms with Crippen molar-refractivity contribution in [3.63, 3.8) is 0 Å². The highest BCUT2D eigenvalue weighted by Gasteiger charge is 2.75. The number of rotatable bonds is 13. The zero-order valence-electron chi connectivity index (χ0n) is 34.2. The second-order valence-corrected chi connectivity index (χ2v) is 17.6. The fourth-order valence-corrected chi connectivity index (χ4v) is 8.14. The van der Waals surface area contributed by atoms with Crippen molar-refractivity contribution in [1.29, 1.82) is 0 Å². The molecule has 0 bridgehead atoms. The topological polar surface area (TPSA) is 31.0 Å². The van der Waals surface area contributed by atoms with Crippen LogP contribution in [-0.4, -0.2) is 88.8 Å². The van der Waals surface area contributed by atoms with Crippen LogP contribution in [0.25, 0.3) is 0 Å². The maximum atomic E-state index is 7.25. The van der Waals surface area contributed by atoms with Gasteiger partial charge in [0.15, 0.2) is 23.9 Å². The minimum Gasteiger partial charge on any atom is -1.00 e. The number of hydrogen-bond donors (Lipinski definition) is 0. The Morgan fingerprint density at radius 2 is 1.25 bits per heavy atom. The summed E-state index contributed by atoms with van der Waals surface area (Å²) in [5.41, 5.74) is 7.23. The van der Waals surface area contributed by atoms with Gasteiger partial charge in [-0.1, -0.05) is 90.5 Å². The minimum atomic E-state index is -1.06. The van der Waals surface area contributed by atoms with Crippen molar-refractivity contribution in [1.82, 2.24) is 9.80 Å². The molecule has 1 fully saturated rings. The first-order chi connectivity index (χ1) is 23.0. The maximum Gasteiger partial charge on any atom is 0.704 e. The Labute approximate surface area is 323 Å². The number of benzene rings is 2. The molecule has 51 heavy (non-hydrogen) atoms. The van der Waals surface area contributed by atoms with Crippen LogP contribution in [0.4, 0.5) is 0 Å². The molecule has 1 spiro atoms. The zero-order valence-corrected chi connectivity index (χ0v) is 35.7. The van der Waals surface area contributed by atoms with E-state index in [0.29, 0.717) is 5.92 Å². The number of halogens is 2. The monoisotopic (exact) mass is 742 g/mol. The molecule has 8 heteroatoms. The van der Waals surface area contributed by atoms with Crippen LogP contribution in [0.2, 0.25) is 0 Å². The Kier molecular flexibility index (Phi) is 14.0. The lowest BCUT2D eigenvalue weighted by atomic mass is 9.79. The van der Waals surface area contributed by atoms with E-state index in [1.54, 1.807) is 0 Å². The van der Waals surface area contributed by atoms with Crippen molar-refractivity contribution in [2.45, 2.75) is 144 Å². The van der Waals surface area contributed by atoms with Gasteiger partial charge in [0.05, 0.1) is 11.1 Å². The third-order valence-corrected chi connectivity index (χ3v) is 11.3. The molecule has 2 aromatic carbocycles. The van der Waals surface area contributed by atoms with Crippen LogP contribution in [0.5, 0.6) is 11.5 Å². The van der Waals surface area contributed by atoms with Crippen LogP contribution in [0.3, 0.4) is 0 Å². The molecule has 3 aliphatic heterocycles. The van der Waals surface area contributed by atoms with Crippen LogP contribution in [0, 0.1) is 6.92 Å². The Morgan fingerprint density at radius 1 is 0.725 bits per heavy atom. The van der Waals surface area contributed by atoms with Crippen molar-refractivity contribution in [2.24, 2.45) is 0 Å². The predicted octanol–water partition coefficient (Wildman–Crippen LogP) is 2.68. The number of nitrogens with zero attached hydrogens (tertiary/aromatic N) is 4. The van der Waals surface area contributed by atoms with Crippen LogP contribution in [0.1, 0.15) is 148 Å². The quantitative estimate of drug-likeness (QED) is 0.296. The Balaban J connectivity index is 0.00000351. The summed E-state index contributed by atoms with van der Waals surface area (Å²) in [7, 11) is 0. The van der Waals surface area contributed by atoms with E-state index in [-0.39, 0.29) is 41.2 Å². The van der Waals surface area contributed by atoms with Crippen LogP contribution < -0.4 is 34.3 Å². The first-order valence-electron chi connectivity index (χ1n) is 19.4. The third kappa shape index (κ3) is 8.82. The van der Waals surface area contributed by atoms with E-state index in [2.05, 4.69) is 146 Å². The molecule has 0 aromatic heterocycles. The molecule has 2 aromatic rings. The van der Waals surface area contributed by atoms with E-state index in [0.717, 1.165) is 49.8 Å². The molecule has 1 atom stereocenters. The molecule has 0 N–H and O–H groups in total. The molecule has 1 saturated heterocycles. The lowest BCUT2D eigenvalue weighted by molar-refractivity contribution is -0.867. The van der Waals surface area contributed by atoms with Crippen molar-refractivity contribution in [3.05, 3.63) is 57.6 Å². The average Bonchev–Trinajstić information content (AvgIpc) is 3.25. The van der Waals surface area contributed by atoms with E-state index in [1.165, 1.54) is 66.6 Å². The lowest BCUT2D eigenvalue weighted by Gasteiger charge is -2.33. The summed E-state index contributed by atoms with van der Waals surface area (Å²) in [6.07, 6.45) is 9.52. The Bertz CT molecular complexity index is 1560. The first-order valence-corrected chi connectivity index (χ1v) is 19.4. The molecular weight excluding hydrogens is 675 g/mol. The van der Waals surface area contributed by atoms with E-state index >= 15 is 0 Å². The summed E-state index contributed by atoms with van der Waals surface area (Å²) in [5, 5.41) is 0. The fraction of sp³-hybridized carbons (Fsp3) is 0.674. The molecule has 0 saturated carbocycles. The molecule has 6 nitrogen and oxygen atoms in total. The van der Waals surface area contributed by atoms with Gasteiger partial charge in [0.25, 0.3) is 0 Å².